The highest BCUT2D eigenvalue weighted by Gasteiger charge is 2.34. The molecule has 2 unspecified atom stereocenters. The van der Waals surface area contributed by atoms with Crippen molar-refractivity contribution in [3.8, 4) is 11.5 Å². The van der Waals surface area contributed by atoms with Crippen LogP contribution in [0.5, 0.6) is 11.5 Å². The molecule has 114 valence electrons. The van der Waals surface area contributed by atoms with Crippen molar-refractivity contribution in [3.05, 3.63) is 23.8 Å². The zero-order valence-corrected chi connectivity index (χ0v) is 13.2. The molecule has 0 aromatic heterocycles. The van der Waals surface area contributed by atoms with Gasteiger partial charge in [0.05, 0.1) is 26.4 Å². The fourth-order valence-corrected chi connectivity index (χ4v) is 2.41. The van der Waals surface area contributed by atoms with Crippen molar-refractivity contribution in [2.24, 2.45) is 11.3 Å². The molecule has 0 saturated heterocycles. The summed E-state index contributed by atoms with van der Waals surface area (Å²) in [5, 5.41) is 0. The molecule has 0 radical (unpaired) electrons. The molecule has 0 aliphatic carbocycles. The van der Waals surface area contributed by atoms with Gasteiger partial charge in [0.2, 0.25) is 0 Å². The van der Waals surface area contributed by atoms with E-state index in [0.717, 1.165) is 17.1 Å². The van der Waals surface area contributed by atoms with Gasteiger partial charge in [-0.15, -0.1) is 0 Å². The molecule has 0 amide bonds. The van der Waals surface area contributed by atoms with Crippen LogP contribution < -0.4 is 20.7 Å². The standard InChI is InChI=1S/C15H26N2O3/c1-15(2,3)14(20-6)13(17-16)11-8-7-10(18-4)9-12(11)19-5/h7-9,13-14,17H,16H2,1-6H3. The monoisotopic (exact) mass is 282 g/mol. The number of hydrogen-bond donors (Lipinski definition) is 2. The van der Waals surface area contributed by atoms with Gasteiger partial charge in [-0.3, -0.25) is 11.3 Å². The Bertz CT molecular complexity index is 430. The van der Waals surface area contributed by atoms with Crippen molar-refractivity contribution >= 4 is 0 Å². The third-order valence-corrected chi connectivity index (χ3v) is 3.37. The third kappa shape index (κ3) is 3.62. The third-order valence-electron chi connectivity index (χ3n) is 3.37. The van der Waals surface area contributed by atoms with E-state index in [1.807, 2.05) is 18.2 Å². The van der Waals surface area contributed by atoms with Crippen LogP contribution in [0.25, 0.3) is 0 Å². The summed E-state index contributed by atoms with van der Waals surface area (Å²) >= 11 is 0. The molecule has 20 heavy (non-hydrogen) atoms. The lowest BCUT2D eigenvalue weighted by atomic mass is 9.82. The van der Waals surface area contributed by atoms with E-state index in [2.05, 4.69) is 26.2 Å². The minimum atomic E-state index is -0.180. The van der Waals surface area contributed by atoms with Gasteiger partial charge in [-0.25, -0.2) is 0 Å². The molecule has 0 heterocycles. The molecule has 1 aromatic carbocycles. The van der Waals surface area contributed by atoms with E-state index in [1.54, 1.807) is 21.3 Å². The lowest BCUT2D eigenvalue weighted by Gasteiger charge is -2.36. The molecule has 5 heteroatoms. The quantitative estimate of drug-likeness (QED) is 0.619. The van der Waals surface area contributed by atoms with Crippen LogP contribution in [0.2, 0.25) is 0 Å². The molecule has 1 rings (SSSR count). The Morgan fingerprint density at radius 1 is 1.10 bits per heavy atom. The van der Waals surface area contributed by atoms with E-state index in [4.69, 9.17) is 20.1 Å². The normalized spacial score (nSPS) is 14.8. The van der Waals surface area contributed by atoms with E-state index in [-0.39, 0.29) is 17.6 Å². The van der Waals surface area contributed by atoms with Crippen LogP contribution in [0.4, 0.5) is 0 Å². The van der Waals surface area contributed by atoms with Gasteiger partial charge in [-0.1, -0.05) is 20.8 Å². The summed E-state index contributed by atoms with van der Waals surface area (Å²) in [6.45, 7) is 6.34. The Kier molecular flexibility index (Phi) is 5.80. The number of ether oxygens (including phenoxy) is 3. The van der Waals surface area contributed by atoms with Crippen molar-refractivity contribution in [2.75, 3.05) is 21.3 Å². The van der Waals surface area contributed by atoms with E-state index in [0.29, 0.717) is 0 Å². The maximum Gasteiger partial charge on any atom is 0.127 e. The molecule has 0 aliphatic heterocycles. The highest BCUT2D eigenvalue weighted by molar-refractivity contribution is 5.43. The molecule has 0 bridgehead atoms. The van der Waals surface area contributed by atoms with Crippen molar-refractivity contribution in [2.45, 2.75) is 32.9 Å². The second-order valence-corrected chi connectivity index (χ2v) is 5.77. The van der Waals surface area contributed by atoms with Crippen LogP contribution in [0, 0.1) is 5.41 Å². The minimum absolute atomic E-state index is 0.0727. The largest absolute Gasteiger partial charge is 0.497 e. The lowest BCUT2D eigenvalue weighted by molar-refractivity contribution is -0.0125. The Morgan fingerprint density at radius 2 is 1.75 bits per heavy atom. The first-order valence-corrected chi connectivity index (χ1v) is 6.59. The molecule has 3 N–H and O–H groups in total. The number of hydrogen-bond acceptors (Lipinski definition) is 5. The van der Waals surface area contributed by atoms with E-state index in [9.17, 15) is 0 Å². The van der Waals surface area contributed by atoms with Gasteiger partial charge in [0.15, 0.2) is 0 Å². The summed E-state index contributed by atoms with van der Waals surface area (Å²) in [7, 11) is 4.95. The summed E-state index contributed by atoms with van der Waals surface area (Å²) in [6.07, 6.45) is -0.102. The average Bonchev–Trinajstić information content (AvgIpc) is 2.42. The lowest BCUT2D eigenvalue weighted by Crippen LogP contribution is -2.44. The molecule has 0 fully saturated rings. The van der Waals surface area contributed by atoms with Gasteiger partial charge < -0.3 is 14.2 Å². The fourth-order valence-electron chi connectivity index (χ4n) is 2.41. The number of rotatable bonds is 6. The fraction of sp³-hybridized carbons (Fsp3) is 0.600. The Balaban J connectivity index is 3.24. The molecule has 0 saturated carbocycles. The van der Waals surface area contributed by atoms with Crippen LogP contribution in [0.15, 0.2) is 18.2 Å². The van der Waals surface area contributed by atoms with Crippen molar-refractivity contribution in [1.29, 1.82) is 0 Å². The summed E-state index contributed by atoms with van der Waals surface area (Å²) in [6, 6.07) is 5.49. The Labute approximate surface area is 121 Å². The average molecular weight is 282 g/mol. The van der Waals surface area contributed by atoms with Crippen LogP contribution in [0.3, 0.4) is 0 Å². The Hall–Kier alpha value is -1.30. The second kappa shape index (κ2) is 6.92. The van der Waals surface area contributed by atoms with E-state index >= 15 is 0 Å². The van der Waals surface area contributed by atoms with E-state index in [1.165, 1.54) is 0 Å². The molecule has 1 aromatic rings. The molecule has 2 atom stereocenters. The highest BCUT2D eigenvalue weighted by Crippen LogP contribution is 2.37. The number of nitrogens with one attached hydrogen (secondary N) is 1. The van der Waals surface area contributed by atoms with Crippen molar-refractivity contribution in [3.63, 3.8) is 0 Å². The number of methoxy groups -OCH3 is 3. The van der Waals surface area contributed by atoms with Crippen molar-refractivity contribution in [1.82, 2.24) is 5.43 Å². The molecule has 0 aliphatic rings. The molecular weight excluding hydrogens is 256 g/mol. The smallest absolute Gasteiger partial charge is 0.127 e. The van der Waals surface area contributed by atoms with Gasteiger partial charge in [-0.05, 0) is 17.5 Å². The van der Waals surface area contributed by atoms with Crippen LogP contribution in [-0.2, 0) is 4.74 Å². The zero-order chi connectivity index (χ0) is 15.3. The predicted octanol–water partition coefficient (Wildman–Crippen LogP) is 2.27. The maximum absolute atomic E-state index is 5.76. The van der Waals surface area contributed by atoms with E-state index < -0.39 is 0 Å². The maximum atomic E-state index is 5.76. The van der Waals surface area contributed by atoms with Gasteiger partial charge >= 0.3 is 0 Å². The van der Waals surface area contributed by atoms with Gasteiger partial charge in [0.25, 0.3) is 0 Å². The number of nitrogens with two attached hydrogens (primary N) is 1. The predicted molar refractivity (Wildman–Crippen MR) is 79.9 cm³/mol. The molecule has 0 spiro atoms. The summed E-state index contributed by atoms with van der Waals surface area (Å²) in [5.74, 6) is 7.22. The van der Waals surface area contributed by atoms with Gasteiger partial charge in [0, 0.05) is 18.7 Å². The summed E-state index contributed by atoms with van der Waals surface area (Å²) < 4.78 is 16.3. The Morgan fingerprint density at radius 3 is 2.15 bits per heavy atom. The first-order valence-electron chi connectivity index (χ1n) is 6.59. The second-order valence-electron chi connectivity index (χ2n) is 5.77. The zero-order valence-electron chi connectivity index (χ0n) is 13.2. The topological polar surface area (TPSA) is 65.7 Å². The first-order chi connectivity index (χ1) is 9.38. The van der Waals surface area contributed by atoms with Crippen LogP contribution >= 0.6 is 0 Å². The van der Waals surface area contributed by atoms with Gasteiger partial charge in [0.1, 0.15) is 11.5 Å². The van der Waals surface area contributed by atoms with Crippen LogP contribution in [-0.4, -0.2) is 27.4 Å². The first kappa shape index (κ1) is 16.8. The summed E-state index contributed by atoms with van der Waals surface area (Å²) in [5.41, 5.74) is 3.71. The summed E-state index contributed by atoms with van der Waals surface area (Å²) in [4.78, 5) is 0. The SMILES string of the molecule is COc1ccc(C(NN)C(OC)C(C)(C)C)c(OC)c1. The number of hydrazine groups is 1. The molecular formula is C15H26N2O3. The minimum Gasteiger partial charge on any atom is -0.497 e. The highest BCUT2D eigenvalue weighted by atomic mass is 16.5. The molecule has 5 nitrogen and oxygen atoms in total. The number of benzene rings is 1. The van der Waals surface area contributed by atoms with Gasteiger partial charge in [-0.2, -0.15) is 0 Å². The van der Waals surface area contributed by atoms with Crippen LogP contribution in [0.1, 0.15) is 32.4 Å². The van der Waals surface area contributed by atoms with Crippen molar-refractivity contribution < 1.29 is 14.2 Å².